The fraction of sp³-hybridized carbons (Fsp3) is 0.227. The fourth-order valence-corrected chi connectivity index (χ4v) is 3.15. The van der Waals surface area contributed by atoms with Crippen LogP contribution in [0.3, 0.4) is 0 Å². The molecule has 0 bridgehead atoms. The van der Waals surface area contributed by atoms with Crippen LogP contribution < -0.4 is 5.32 Å². The maximum Gasteiger partial charge on any atom is 0.416 e. The average Bonchev–Trinajstić information content (AvgIpc) is 2.76. The lowest BCUT2D eigenvalue weighted by Crippen LogP contribution is -2.11. The molecule has 162 valence electrons. The number of rotatable bonds is 8. The molecule has 1 aromatic heterocycles. The second-order valence-electron chi connectivity index (χ2n) is 6.61. The lowest BCUT2D eigenvalue weighted by Gasteiger charge is -2.11. The predicted molar refractivity (Wildman–Crippen MR) is 113 cm³/mol. The number of carbonyl (C=O) groups is 1. The second kappa shape index (κ2) is 10.3. The van der Waals surface area contributed by atoms with E-state index in [0.717, 1.165) is 17.7 Å². The summed E-state index contributed by atoms with van der Waals surface area (Å²) in [4.78, 5) is 20.8. The number of halogens is 3. The minimum Gasteiger partial charge on any atom is -0.459 e. The Morgan fingerprint density at radius 2 is 1.77 bits per heavy atom. The lowest BCUT2D eigenvalue weighted by atomic mass is 10.1. The Bertz CT molecular complexity index is 1030. The zero-order valence-corrected chi connectivity index (χ0v) is 17.5. The summed E-state index contributed by atoms with van der Waals surface area (Å²) in [5.74, 6) is -0.0467. The Hall–Kier alpha value is -3.07. The van der Waals surface area contributed by atoms with Crippen LogP contribution >= 0.6 is 11.8 Å². The third-order valence-corrected chi connectivity index (χ3v) is 4.79. The summed E-state index contributed by atoms with van der Waals surface area (Å²) in [5, 5.41) is 3.73. The highest BCUT2D eigenvalue weighted by Crippen LogP contribution is 2.29. The van der Waals surface area contributed by atoms with Crippen molar-refractivity contribution in [2.45, 2.75) is 30.9 Å². The van der Waals surface area contributed by atoms with E-state index in [1.54, 1.807) is 6.07 Å². The molecule has 0 aliphatic heterocycles. The van der Waals surface area contributed by atoms with Gasteiger partial charge in [-0.05, 0) is 23.4 Å². The van der Waals surface area contributed by atoms with Crippen LogP contribution in [0, 0.1) is 0 Å². The first-order valence-electron chi connectivity index (χ1n) is 9.35. The van der Waals surface area contributed by atoms with Gasteiger partial charge in [-0.2, -0.15) is 13.2 Å². The summed E-state index contributed by atoms with van der Waals surface area (Å²) < 4.78 is 43.7. The van der Waals surface area contributed by atoms with E-state index in [0.29, 0.717) is 23.2 Å². The molecule has 0 unspecified atom stereocenters. The molecular formula is C22H20F3N3O2S. The van der Waals surface area contributed by atoms with Gasteiger partial charge < -0.3 is 10.1 Å². The van der Waals surface area contributed by atoms with E-state index in [2.05, 4.69) is 15.3 Å². The molecule has 0 fully saturated rings. The Balaban J connectivity index is 1.61. The van der Waals surface area contributed by atoms with Crippen molar-refractivity contribution in [3.8, 4) is 0 Å². The number of esters is 1. The molecule has 0 saturated carbocycles. The predicted octanol–water partition coefficient (Wildman–Crippen LogP) is 5.12. The summed E-state index contributed by atoms with van der Waals surface area (Å²) in [5.41, 5.74) is 1.01. The fourth-order valence-electron chi connectivity index (χ4n) is 2.75. The minimum absolute atomic E-state index is 0.103. The zero-order chi connectivity index (χ0) is 22.3. The molecular weight excluding hydrogens is 427 g/mol. The quantitative estimate of drug-likeness (QED) is 0.294. The van der Waals surface area contributed by atoms with E-state index in [-0.39, 0.29) is 18.6 Å². The summed E-state index contributed by atoms with van der Waals surface area (Å²) in [6, 6.07) is 16.1. The number of aromatic nitrogens is 2. The van der Waals surface area contributed by atoms with Crippen molar-refractivity contribution in [1.29, 1.82) is 0 Å². The molecule has 0 amide bonds. The van der Waals surface area contributed by atoms with Gasteiger partial charge in [-0.25, -0.2) is 9.97 Å². The zero-order valence-electron chi connectivity index (χ0n) is 16.6. The van der Waals surface area contributed by atoms with Gasteiger partial charge in [-0.3, -0.25) is 4.79 Å². The number of nitrogens with zero attached hydrogens (tertiary/aromatic N) is 2. The number of carbonyl (C=O) groups excluding carboxylic acids is 1. The number of benzene rings is 2. The van der Waals surface area contributed by atoms with E-state index in [1.165, 1.54) is 23.9 Å². The van der Waals surface area contributed by atoms with Crippen LogP contribution in [0.4, 0.5) is 19.0 Å². The van der Waals surface area contributed by atoms with E-state index in [9.17, 15) is 18.0 Å². The van der Waals surface area contributed by atoms with E-state index in [4.69, 9.17) is 4.74 Å². The first-order valence-corrected chi connectivity index (χ1v) is 10.6. The maximum atomic E-state index is 12.8. The molecule has 0 saturated heterocycles. The monoisotopic (exact) mass is 447 g/mol. The van der Waals surface area contributed by atoms with Gasteiger partial charge in [-0.1, -0.05) is 60.3 Å². The topological polar surface area (TPSA) is 64.1 Å². The van der Waals surface area contributed by atoms with Gasteiger partial charge in [0.1, 0.15) is 12.4 Å². The normalized spacial score (nSPS) is 11.2. The van der Waals surface area contributed by atoms with Crippen LogP contribution in [0.1, 0.15) is 22.4 Å². The van der Waals surface area contributed by atoms with Gasteiger partial charge in [0, 0.05) is 12.6 Å². The summed E-state index contributed by atoms with van der Waals surface area (Å²) in [7, 11) is 0. The lowest BCUT2D eigenvalue weighted by molar-refractivity contribution is -0.144. The molecule has 31 heavy (non-hydrogen) atoms. The van der Waals surface area contributed by atoms with E-state index in [1.807, 2.05) is 36.6 Å². The highest BCUT2D eigenvalue weighted by molar-refractivity contribution is 7.98. The number of nitrogens with one attached hydrogen (secondary N) is 1. The van der Waals surface area contributed by atoms with Crippen LogP contribution in [-0.2, 0) is 35.3 Å². The number of ether oxygens (including phenoxy) is 1. The SMILES string of the molecule is CSc1nc(COC(=O)Cc2cccc(C(F)(F)F)c2)cc(NCc2ccccc2)n1. The van der Waals surface area contributed by atoms with Crippen molar-refractivity contribution < 1.29 is 22.7 Å². The average molecular weight is 447 g/mol. The highest BCUT2D eigenvalue weighted by atomic mass is 32.2. The second-order valence-corrected chi connectivity index (χ2v) is 7.38. The molecule has 5 nitrogen and oxygen atoms in total. The van der Waals surface area contributed by atoms with Crippen LogP contribution in [0.15, 0.2) is 65.8 Å². The summed E-state index contributed by atoms with van der Waals surface area (Å²) in [6.45, 7) is 0.467. The Kier molecular flexibility index (Phi) is 7.51. The van der Waals surface area contributed by atoms with Crippen molar-refractivity contribution in [1.82, 2.24) is 9.97 Å². The third kappa shape index (κ3) is 6.99. The smallest absolute Gasteiger partial charge is 0.416 e. The van der Waals surface area contributed by atoms with Gasteiger partial charge in [-0.15, -0.1) is 0 Å². The minimum atomic E-state index is -4.46. The van der Waals surface area contributed by atoms with Gasteiger partial charge in [0.2, 0.25) is 0 Å². The summed E-state index contributed by atoms with van der Waals surface area (Å²) in [6.07, 6.45) is -2.89. The third-order valence-electron chi connectivity index (χ3n) is 4.24. The molecule has 1 N–H and O–H groups in total. The number of hydrogen-bond acceptors (Lipinski definition) is 6. The first kappa shape index (κ1) is 22.6. The molecule has 3 aromatic rings. The highest BCUT2D eigenvalue weighted by Gasteiger charge is 2.30. The molecule has 0 atom stereocenters. The van der Waals surface area contributed by atoms with Crippen LogP contribution in [0.5, 0.6) is 0 Å². The number of anilines is 1. The van der Waals surface area contributed by atoms with Crippen LogP contribution in [-0.4, -0.2) is 22.2 Å². The molecule has 3 rings (SSSR count). The molecule has 1 heterocycles. The molecule has 0 spiro atoms. The van der Waals surface area contributed by atoms with Gasteiger partial charge in [0.25, 0.3) is 0 Å². The largest absolute Gasteiger partial charge is 0.459 e. The van der Waals surface area contributed by atoms with Crippen molar-refractivity contribution >= 4 is 23.5 Å². The van der Waals surface area contributed by atoms with E-state index >= 15 is 0 Å². The number of hydrogen-bond donors (Lipinski definition) is 1. The standard InChI is InChI=1S/C22H20F3N3O2S/c1-31-21-27-18(12-19(28-21)26-13-15-6-3-2-4-7-15)14-30-20(29)11-16-8-5-9-17(10-16)22(23,24)25/h2-10,12H,11,13-14H2,1H3,(H,26,27,28). The Morgan fingerprint density at radius 3 is 2.48 bits per heavy atom. The summed E-state index contributed by atoms with van der Waals surface area (Å²) >= 11 is 1.35. The van der Waals surface area contributed by atoms with E-state index < -0.39 is 17.7 Å². The van der Waals surface area contributed by atoms with Crippen LogP contribution in [0.25, 0.3) is 0 Å². The Labute approximate surface area is 182 Å². The molecule has 0 aliphatic carbocycles. The number of alkyl halides is 3. The van der Waals surface area contributed by atoms with Gasteiger partial charge >= 0.3 is 12.1 Å². The Morgan fingerprint density at radius 1 is 1.03 bits per heavy atom. The van der Waals surface area contributed by atoms with Gasteiger partial charge in [0.05, 0.1) is 17.7 Å². The van der Waals surface area contributed by atoms with Crippen molar-refractivity contribution in [2.24, 2.45) is 0 Å². The molecule has 0 radical (unpaired) electrons. The maximum absolute atomic E-state index is 12.8. The molecule has 0 aliphatic rings. The molecule has 2 aromatic carbocycles. The van der Waals surface area contributed by atoms with Crippen LogP contribution in [0.2, 0.25) is 0 Å². The van der Waals surface area contributed by atoms with Crippen molar-refractivity contribution in [3.05, 3.63) is 83.0 Å². The number of thioether (sulfide) groups is 1. The van der Waals surface area contributed by atoms with Crippen molar-refractivity contribution in [2.75, 3.05) is 11.6 Å². The van der Waals surface area contributed by atoms with Crippen molar-refractivity contribution in [3.63, 3.8) is 0 Å². The molecule has 9 heteroatoms. The first-order chi connectivity index (χ1) is 14.8. The van der Waals surface area contributed by atoms with Gasteiger partial charge in [0.15, 0.2) is 5.16 Å².